The molecule has 1 unspecified atom stereocenters. The van der Waals surface area contributed by atoms with Gasteiger partial charge in [0.15, 0.2) is 18.3 Å². The number of ether oxygens (including phenoxy) is 1. The molecule has 4 N–H and O–H groups in total. The number of aliphatic hydroxyl groups is 3. The van der Waals surface area contributed by atoms with Crippen LogP contribution in [0.5, 0.6) is 0 Å². The third-order valence-electron chi connectivity index (χ3n) is 3.05. The lowest BCUT2D eigenvalue weighted by atomic mass is 10.1. The maximum absolute atomic E-state index is 11.6. The molecule has 1 aliphatic rings. The number of carbonyl (C=O) groups excluding carboxylic acids is 2. The molecule has 0 aromatic carbocycles. The molecule has 114 valence electrons. The summed E-state index contributed by atoms with van der Waals surface area (Å²) in [5.41, 5.74) is 0. The highest BCUT2D eigenvalue weighted by Gasteiger charge is 2.48. The second kappa shape index (κ2) is 7.98. The lowest BCUT2D eigenvalue weighted by Gasteiger charge is -2.18. The zero-order valence-corrected chi connectivity index (χ0v) is 11.4. The Balaban J connectivity index is 2.38. The zero-order valence-electron chi connectivity index (χ0n) is 11.4. The predicted octanol–water partition coefficient (Wildman–Crippen LogP) is -0.795. The van der Waals surface area contributed by atoms with Crippen molar-refractivity contribution in [3.05, 3.63) is 12.3 Å². The fourth-order valence-electron chi connectivity index (χ4n) is 1.82. The second-order valence-corrected chi connectivity index (χ2v) is 4.69. The van der Waals surface area contributed by atoms with Crippen LogP contribution in [-0.4, -0.2) is 51.6 Å². The number of cyclic esters (lactones) is 1. The molecule has 1 fully saturated rings. The van der Waals surface area contributed by atoms with Gasteiger partial charge in [0, 0.05) is 0 Å². The molecule has 0 radical (unpaired) electrons. The quantitative estimate of drug-likeness (QED) is 0.360. The minimum absolute atomic E-state index is 0.803. The Kier molecular flexibility index (Phi) is 6.63. The minimum Gasteiger partial charge on any atom is -0.454 e. The number of aliphatic hydroxyl groups excluding tert-OH is 3. The normalized spacial score (nSPS) is 27.6. The van der Waals surface area contributed by atoms with Crippen LogP contribution in [0.4, 0.5) is 0 Å². The van der Waals surface area contributed by atoms with Crippen molar-refractivity contribution in [3.8, 4) is 0 Å². The fraction of sp³-hybridized carbons (Fsp3) is 0.692. The van der Waals surface area contributed by atoms with Crippen molar-refractivity contribution in [2.45, 2.75) is 57.0 Å². The summed E-state index contributed by atoms with van der Waals surface area (Å²) in [6.45, 7) is 2.09. The van der Waals surface area contributed by atoms with Crippen LogP contribution >= 0.6 is 0 Å². The third kappa shape index (κ3) is 4.29. The van der Waals surface area contributed by atoms with Crippen LogP contribution < -0.4 is 5.32 Å². The van der Waals surface area contributed by atoms with Gasteiger partial charge in [0.05, 0.1) is 0 Å². The summed E-state index contributed by atoms with van der Waals surface area (Å²) in [6, 6.07) is 0. The Morgan fingerprint density at radius 3 is 2.70 bits per heavy atom. The Morgan fingerprint density at radius 1 is 1.45 bits per heavy atom. The highest BCUT2D eigenvalue weighted by molar-refractivity contribution is 5.84. The summed E-state index contributed by atoms with van der Waals surface area (Å²) in [5.74, 6) is -1.85. The average Bonchev–Trinajstić information content (AvgIpc) is 2.69. The topological polar surface area (TPSA) is 116 Å². The van der Waals surface area contributed by atoms with Crippen LogP contribution in [0.1, 0.15) is 32.6 Å². The van der Waals surface area contributed by atoms with E-state index in [0.717, 1.165) is 25.7 Å². The number of allylic oxidation sites excluding steroid dienone is 1. The van der Waals surface area contributed by atoms with Crippen molar-refractivity contribution in [2.24, 2.45) is 0 Å². The standard InChI is InChI=1S/C13H21NO6/c1-2-3-4-5-6-7-14-12(18)10(17)11-8(15)9(16)13(19)20-11/h6-11,15-17H,2-5H2,1H3,(H,14,18)/t8-,9+,10?,11+/m1/s1. The first kappa shape index (κ1) is 16.6. The largest absolute Gasteiger partial charge is 0.454 e. The number of hydrogen-bond donors (Lipinski definition) is 4. The Hall–Kier alpha value is -1.44. The molecule has 7 nitrogen and oxygen atoms in total. The van der Waals surface area contributed by atoms with Crippen molar-refractivity contribution in [1.82, 2.24) is 5.32 Å². The van der Waals surface area contributed by atoms with Gasteiger partial charge >= 0.3 is 5.97 Å². The molecule has 0 aromatic rings. The van der Waals surface area contributed by atoms with Crippen LogP contribution in [0.2, 0.25) is 0 Å². The van der Waals surface area contributed by atoms with Gasteiger partial charge in [-0.1, -0.05) is 25.8 Å². The Labute approximate surface area is 117 Å². The molecule has 1 aliphatic heterocycles. The number of amides is 1. The number of nitrogens with one attached hydrogen (secondary N) is 1. The molecule has 4 atom stereocenters. The first-order valence-corrected chi connectivity index (χ1v) is 6.69. The SMILES string of the molecule is CCCCCC=CNC(=O)C(O)[C@H]1OC(=O)[C@@H](O)[C@H]1O. The number of carbonyl (C=O) groups is 2. The van der Waals surface area contributed by atoms with Crippen molar-refractivity contribution in [3.63, 3.8) is 0 Å². The summed E-state index contributed by atoms with van der Waals surface area (Å²) < 4.78 is 4.55. The van der Waals surface area contributed by atoms with Gasteiger partial charge in [-0.25, -0.2) is 4.79 Å². The van der Waals surface area contributed by atoms with E-state index in [1.54, 1.807) is 6.08 Å². The molecule has 7 heteroatoms. The van der Waals surface area contributed by atoms with E-state index in [2.05, 4.69) is 17.0 Å². The molecule has 20 heavy (non-hydrogen) atoms. The van der Waals surface area contributed by atoms with Gasteiger partial charge < -0.3 is 25.4 Å². The summed E-state index contributed by atoms with van der Waals surface area (Å²) in [7, 11) is 0. The summed E-state index contributed by atoms with van der Waals surface area (Å²) in [5, 5.41) is 30.6. The van der Waals surface area contributed by atoms with E-state index in [9.17, 15) is 24.9 Å². The van der Waals surface area contributed by atoms with E-state index in [0.29, 0.717) is 0 Å². The van der Waals surface area contributed by atoms with Crippen molar-refractivity contribution in [1.29, 1.82) is 0 Å². The van der Waals surface area contributed by atoms with Crippen molar-refractivity contribution >= 4 is 11.9 Å². The van der Waals surface area contributed by atoms with Crippen molar-refractivity contribution < 1.29 is 29.6 Å². The number of hydrogen-bond acceptors (Lipinski definition) is 6. The Bertz CT molecular complexity index is 370. The minimum atomic E-state index is -1.73. The second-order valence-electron chi connectivity index (χ2n) is 4.69. The first-order chi connectivity index (χ1) is 9.49. The molecule has 0 aromatic heterocycles. The zero-order chi connectivity index (χ0) is 15.1. The lowest BCUT2D eigenvalue weighted by molar-refractivity contribution is -0.153. The highest BCUT2D eigenvalue weighted by Crippen LogP contribution is 2.19. The van der Waals surface area contributed by atoms with Gasteiger partial charge in [-0.15, -0.1) is 0 Å². The molecule has 1 amide bonds. The van der Waals surface area contributed by atoms with Gasteiger partial charge in [-0.2, -0.15) is 0 Å². The van der Waals surface area contributed by atoms with Crippen LogP contribution in [0.3, 0.4) is 0 Å². The number of esters is 1. The Morgan fingerprint density at radius 2 is 2.15 bits per heavy atom. The maximum Gasteiger partial charge on any atom is 0.338 e. The molecule has 1 rings (SSSR count). The maximum atomic E-state index is 11.6. The van der Waals surface area contributed by atoms with E-state index >= 15 is 0 Å². The monoisotopic (exact) mass is 287 g/mol. The molecular formula is C13H21NO6. The van der Waals surface area contributed by atoms with Crippen LogP contribution in [0, 0.1) is 0 Å². The molecule has 0 saturated carbocycles. The predicted molar refractivity (Wildman–Crippen MR) is 69.3 cm³/mol. The molecule has 0 bridgehead atoms. The van der Waals surface area contributed by atoms with Gasteiger partial charge in [0.2, 0.25) is 0 Å². The molecule has 1 saturated heterocycles. The van der Waals surface area contributed by atoms with Gasteiger partial charge in [-0.05, 0) is 19.0 Å². The van der Waals surface area contributed by atoms with Gasteiger partial charge in [-0.3, -0.25) is 4.79 Å². The van der Waals surface area contributed by atoms with E-state index in [1.807, 2.05) is 0 Å². The van der Waals surface area contributed by atoms with E-state index in [1.165, 1.54) is 6.20 Å². The molecule has 0 aliphatic carbocycles. The first-order valence-electron chi connectivity index (χ1n) is 6.69. The van der Waals surface area contributed by atoms with E-state index in [4.69, 9.17) is 0 Å². The smallest absolute Gasteiger partial charge is 0.338 e. The summed E-state index contributed by atoms with van der Waals surface area (Å²) >= 11 is 0. The van der Waals surface area contributed by atoms with Crippen LogP contribution in [0.15, 0.2) is 12.3 Å². The average molecular weight is 287 g/mol. The number of unbranched alkanes of at least 4 members (excludes halogenated alkanes) is 3. The van der Waals surface area contributed by atoms with Crippen molar-refractivity contribution in [2.75, 3.05) is 0 Å². The van der Waals surface area contributed by atoms with Crippen LogP contribution in [0.25, 0.3) is 0 Å². The fourth-order valence-corrected chi connectivity index (χ4v) is 1.82. The molecule has 0 spiro atoms. The van der Waals surface area contributed by atoms with E-state index < -0.39 is 36.3 Å². The van der Waals surface area contributed by atoms with Gasteiger partial charge in [0.1, 0.15) is 6.10 Å². The van der Waals surface area contributed by atoms with Crippen LogP contribution in [-0.2, 0) is 14.3 Å². The third-order valence-corrected chi connectivity index (χ3v) is 3.05. The van der Waals surface area contributed by atoms with E-state index in [-0.39, 0.29) is 0 Å². The summed E-state index contributed by atoms with van der Waals surface area (Å²) in [4.78, 5) is 22.6. The van der Waals surface area contributed by atoms with Gasteiger partial charge in [0.25, 0.3) is 5.91 Å². The molecular weight excluding hydrogens is 266 g/mol. The molecule has 1 heterocycles. The number of rotatable bonds is 7. The highest BCUT2D eigenvalue weighted by atomic mass is 16.6. The lowest BCUT2D eigenvalue weighted by Crippen LogP contribution is -2.46. The summed E-state index contributed by atoms with van der Waals surface area (Å²) in [6.07, 6.45) is 0.657.